The zero-order chi connectivity index (χ0) is 19.5. The molecule has 0 saturated heterocycles. The Morgan fingerprint density at radius 2 is 0.815 bits per heavy atom. The van der Waals surface area contributed by atoms with Gasteiger partial charge in [-0.1, -0.05) is 77.6 Å². The third-order valence-corrected chi connectivity index (χ3v) is 5.49. The normalized spacial score (nSPS) is 11.3. The Morgan fingerprint density at radius 3 is 1.07 bits per heavy atom. The van der Waals surface area contributed by atoms with Gasteiger partial charge in [0.25, 0.3) is 0 Å². The Balaban J connectivity index is 2.02. The van der Waals surface area contributed by atoms with Crippen molar-refractivity contribution in [3.63, 3.8) is 0 Å². The lowest BCUT2D eigenvalue weighted by Gasteiger charge is -2.17. The Kier molecular flexibility index (Phi) is 9.45. The number of hydrogen-bond donors (Lipinski definition) is 0. The van der Waals surface area contributed by atoms with Gasteiger partial charge in [0, 0.05) is 0 Å². The van der Waals surface area contributed by atoms with Crippen LogP contribution in [0.25, 0.3) is 0 Å². The summed E-state index contributed by atoms with van der Waals surface area (Å²) in [6.07, 6.45) is 10.0. The Labute approximate surface area is 167 Å². The largest absolute Gasteiger partial charge is 0.457 e. The first kappa shape index (κ1) is 21.5. The molecular formula is C26H38O. The summed E-state index contributed by atoms with van der Waals surface area (Å²) in [6, 6.07) is 17.5. The van der Waals surface area contributed by atoms with E-state index in [1.54, 1.807) is 0 Å². The van der Waals surface area contributed by atoms with Gasteiger partial charge >= 0.3 is 0 Å². The minimum absolute atomic E-state index is 0.683. The van der Waals surface area contributed by atoms with Gasteiger partial charge in [-0.15, -0.1) is 0 Å². The Bertz CT molecular complexity index is 557. The van der Waals surface area contributed by atoms with Gasteiger partial charge in [0.05, 0.1) is 0 Å². The molecule has 0 heterocycles. The minimum Gasteiger partial charge on any atom is -0.457 e. The van der Waals surface area contributed by atoms with E-state index in [1.807, 2.05) is 0 Å². The van der Waals surface area contributed by atoms with Crippen LogP contribution in [0.5, 0.6) is 11.5 Å². The van der Waals surface area contributed by atoms with Crippen LogP contribution < -0.4 is 4.74 Å². The standard InChI is InChI=1S/C26H38O/c1-5-9-21(10-6-2)23-13-17-25(18-14-23)27-26-19-15-24(16-20-26)22(11-7-3)12-8-4/h13-22H,5-12H2,1-4H3. The first-order chi connectivity index (χ1) is 13.2. The number of rotatable bonds is 12. The number of hydrogen-bond acceptors (Lipinski definition) is 1. The predicted octanol–water partition coefficient (Wildman–Crippen LogP) is 8.85. The molecule has 0 atom stereocenters. The van der Waals surface area contributed by atoms with Gasteiger partial charge in [-0.3, -0.25) is 0 Å². The van der Waals surface area contributed by atoms with Crippen molar-refractivity contribution in [3.05, 3.63) is 59.7 Å². The monoisotopic (exact) mass is 366 g/mol. The second-order valence-corrected chi connectivity index (χ2v) is 7.79. The van der Waals surface area contributed by atoms with E-state index in [0.717, 1.165) is 11.5 Å². The van der Waals surface area contributed by atoms with Crippen LogP contribution in [0.3, 0.4) is 0 Å². The van der Waals surface area contributed by atoms with E-state index in [9.17, 15) is 0 Å². The maximum Gasteiger partial charge on any atom is 0.127 e. The highest BCUT2D eigenvalue weighted by atomic mass is 16.5. The summed E-state index contributed by atoms with van der Waals surface area (Å²) in [4.78, 5) is 0. The highest BCUT2D eigenvalue weighted by Gasteiger charge is 2.11. The Hall–Kier alpha value is -1.76. The van der Waals surface area contributed by atoms with E-state index in [1.165, 1.54) is 62.5 Å². The molecule has 0 bridgehead atoms. The molecule has 0 saturated carbocycles. The van der Waals surface area contributed by atoms with Crippen LogP contribution in [0.1, 0.15) is 102 Å². The van der Waals surface area contributed by atoms with Crippen LogP contribution in [-0.4, -0.2) is 0 Å². The average molecular weight is 367 g/mol. The lowest BCUT2D eigenvalue weighted by molar-refractivity contribution is 0.480. The van der Waals surface area contributed by atoms with Gasteiger partial charge in [-0.2, -0.15) is 0 Å². The maximum atomic E-state index is 6.09. The molecule has 0 spiro atoms. The van der Waals surface area contributed by atoms with Crippen molar-refractivity contribution in [3.8, 4) is 11.5 Å². The fourth-order valence-electron chi connectivity index (χ4n) is 4.10. The Morgan fingerprint density at radius 1 is 0.519 bits per heavy atom. The molecule has 2 aromatic rings. The van der Waals surface area contributed by atoms with Crippen LogP contribution in [0, 0.1) is 0 Å². The fourth-order valence-corrected chi connectivity index (χ4v) is 4.10. The van der Waals surface area contributed by atoms with Gasteiger partial charge in [0.2, 0.25) is 0 Å². The molecular weight excluding hydrogens is 328 g/mol. The summed E-state index contributed by atoms with van der Waals surface area (Å²) >= 11 is 0. The molecule has 2 aromatic carbocycles. The van der Waals surface area contributed by atoms with Gasteiger partial charge in [-0.25, -0.2) is 0 Å². The van der Waals surface area contributed by atoms with Crippen molar-refractivity contribution in [2.45, 2.75) is 90.9 Å². The predicted molar refractivity (Wildman–Crippen MR) is 118 cm³/mol. The zero-order valence-electron chi connectivity index (χ0n) is 17.8. The number of benzene rings is 2. The number of ether oxygens (including phenoxy) is 1. The summed E-state index contributed by atoms with van der Waals surface area (Å²) in [6.45, 7) is 9.09. The molecule has 0 unspecified atom stereocenters. The summed E-state index contributed by atoms with van der Waals surface area (Å²) in [5.74, 6) is 3.22. The molecule has 0 fully saturated rings. The van der Waals surface area contributed by atoms with Crippen molar-refractivity contribution in [2.75, 3.05) is 0 Å². The quantitative estimate of drug-likeness (QED) is 0.364. The highest BCUT2D eigenvalue weighted by Crippen LogP contribution is 2.31. The highest BCUT2D eigenvalue weighted by molar-refractivity contribution is 5.36. The van der Waals surface area contributed by atoms with E-state index in [4.69, 9.17) is 4.74 Å². The SMILES string of the molecule is CCCC(CCC)c1ccc(Oc2ccc(C(CCC)CCC)cc2)cc1. The molecule has 1 nitrogen and oxygen atoms in total. The van der Waals surface area contributed by atoms with Crippen LogP contribution in [-0.2, 0) is 0 Å². The topological polar surface area (TPSA) is 9.23 Å². The van der Waals surface area contributed by atoms with Crippen molar-refractivity contribution >= 4 is 0 Å². The van der Waals surface area contributed by atoms with E-state index in [2.05, 4.69) is 76.2 Å². The molecule has 27 heavy (non-hydrogen) atoms. The smallest absolute Gasteiger partial charge is 0.127 e. The second-order valence-electron chi connectivity index (χ2n) is 7.79. The van der Waals surface area contributed by atoms with Gasteiger partial charge in [0.15, 0.2) is 0 Å². The maximum absolute atomic E-state index is 6.09. The van der Waals surface area contributed by atoms with E-state index < -0.39 is 0 Å². The molecule has 0 aliphatic heterocycles. The summed E-state index contributed by atoms with van der Waals surface area (Å²) in [7, 11) is 0. The van der Waals surface area contributed by atoms with Crippen molar-refractivity contribution in [1.29, 1.82) is 0 Å². The van der Waals surface area contributed by atoms with E-state index in [0.29, 0.717) is 11.8 Å². The van der Waals surface area contributed by atoms with Gasteiger partial charge in [0.1, 0.15) is 11.5 Å². The fraction of sp³-hybridized carbons (Fsp3) is 0.538. The van der Waals surface area contributed by atoms with Crippen LogP contribution in [0.15, 0.2) is 48.5 Å². The van der Waals surface area contributed by atoms with Crippen molar-refractivity contribution in [1.82, 2.24) is 0 Å². The molecule has 0 amide bonds. The second kappa shape index (κ2) is 11.8. The lowest BCUT2D eigenvalue weighted by atomic mass is 9.90. The first-order valence-electron chi connectivity index (χ1n) is 11.1. The van der Waals surface area contributed by atoms with Crippen LogP contribution in [0.4, 0.5) is 0 Å². The molecule has 2 rings (SSSR count). The summed E-state index contributed by atoms with van der Waals surface area (Å²) in [5.41, 5.74) is 2.90. The van der Waals surface area contributed by atoms with Crippen LogP contribution in [0.2, 0.25) is 0 Å². The zero-order valence-corrected chi connectivity index (χ0v) is 17.8. The van der Waals surface area contributed by atoms with Gasteiger partial charge < -0.3 is 4.74 Å². The molecule has 0 aliphatic carbocycles. The van der Waals surface area contributed by atoms with E-state index >= 15 is 0 Å². The van der Waals surface area contributed by atoms with E-state index in [-0.39, 0.29) is 0 Å². The molecule has 0 aliphatic rings. The minimum atomic E-state index is 0.683. The first-order valence-corrected chi connectivity index (χ1v) is 11.1. The average Bonchev–Trinajstić information content (AvgIpc) is 2.69. The lowest BCUT2D eigenvalue weighted by Crippen LogP contribution is -1.99. The molecule has 0 N–H and O–H groups in total. The van der Waals surface area contributed by atoms with Crippen LogP contribution >= 0.6 is 0 Å². The molecule has 0 aromatic heterocycles. The molecule has 0 radical (unpaired) electrons. The van der Waals surface area contributed by atoms with Crippen molar-refractivity contribution in [2.24, 2.45) is 0 Å². The molecule has 1 heteroatoms. The molecule has 148 valence electrons. The summed E-state index contributed by atoms with van der Waals surface area (Å²) < 4.78 is 6.09. The van der Waals surface area contributed by atoms with Gasteiger partial charge in [-0.05, 0) is 72.9 Å². The van der Waals surface area contributed by atoms with Crippen molar-refractivity contribution < 1.29 is 4.74 Å². The third-order valence-electron chi connectivity index (χ3n) is 5.49. The third kappa shape index (κ3) is 6.72. The summed E-state index contributed by atoms with van der Waals surface area (Å²) in [5, 5.41) is 0.